The zero-order valence-electron chi connectivity index (χ0n) is 11.3. The fourth-order valence-electron chi connectivity index (χ4n) is 1.98. The van der Waals surface area contributed by atoms with E-state index in [4.69, 9.17) is 19.9 Å². The highest BCUT2D eigenvalue weighted by Crippen LogP contribution is 2.31. The summed E-state index contributed by atoms with van der Waals surface area (Å²) in [7, 11) is 0. The Hall–Kier alpha value is -1.49. The first-order chi connectivity index (χ1) is 9.06. The molecule has 0 aliphatic carbocycles. The van der Waals surface area contributed by atoms with Gasteiger partial charge in [0.05, 0.1) is 17.9 Å². The second-order valence-corrected chi connectivity index (χ2v) is 4.93. The first-order valence-corrected chi connectivity index (χ1v) is 6.56. The molecule has 4 nitrogen and oxygen atoms in total. The number of nitrogen functional groups attached to an aromatic ring is 1. The molecule has 0 radical (unpaired) electrons. The predicted octanol–water partition coefficient (Wildman–Crippen LogP) is 2.75. The number of nitrogens with two attached hydrogens (primary N) is 1. The molecule has 1 aliphatic heterocycles. The minimum Gasteiger partial charge on any atom is -0.489 e. The molecule has 1 saturated heterocycles. The van der Waals surface area contributed by atoms with E-state index < -0.39 is 5.82 Å². The van der Waals surface area contributed by atoms with Gasteiger partial charge in [-0.05, 0) is 26.7 Å². The summed E-state index contributed by atoms with van der Waals surface area (Å²) >= 11 is 0. The van der Waals surface area contributed by atoms with Crippen LogP contribution in [-0.2, 0) is 4.74 Å². The first-order valence-electron chi connectivity index (χ1n) is 6.56. The van der Waals surface area contributed by atoms with Crippen LogP contribution >= 0.6 is 0 Å². The van der Waals surface area contributed by atoms with Crippen LogP contribution in [-0.4, -0.2) is 25.4 Å². The molecule has 1 aromatic rings. The molecular formula is C14H20FNO3. The Morgan fingerprint density at radius 3 is 2.84 bits per heavy atom. The van der Waals surface area contributed by atoms with Gasteiger partial charge in [0.25, 0.3) is 0 Å². The molecule has 1 fully saturated rings. The molecule has 1 aliphatic rings. The monoisotopic (exact) mass is 269 g/mol. The van der Waals surface area contributed by atoms with E-state index in [1.165, 1.54) is 12.1 Å². The van der Waals surface area contributed by atoms with E-state index in [2.05, 4.69) is 0 Å². The van der Waals surface area contributed by atoms with Crippen molar-refractivity contribution in [2.45, 2.75) is 38.9 Å². The van der Waals surface area contributed by atoms with Gasteiger partial charge in [0, 0.05) is 18.7 Å². The minimum atomic E-state index is -0.476. The van der Waals surface area contributed by atoms with Gasteiger partial charge in [0.2, 0.25) is 0 Å². The topological polar surface area (TPSA) is 53.7 Å². The molecule has 1 heterocycles. The number of hydrogen-bond donors (Lipinski definition) is 1. The molecule has 5 heteroatoms. The number of benzene rings is 1. The third kappa shape index (κ3) is 3.73. The number of ether oxygens (including phenoxy) is 3. The summed E-state index contributed by atoms with van der Waals surface area (Å²) in [4.78, 5) is 0. The van der Waals surface area contributed by atoms with Gasteiger partial charge >= 0.3 is 0 Å². The Morgan fingerprint density at radius 1 is 1.42 bits per heavy atom. The van der Waals surface area contributed by atoms with Crippen molar-refractivity contribution in [1.29, 1.82) is 0 Å². The van der Waals surface area contributed by atoms with Crippen LogP contribution in [0.3, 0.4) is 0 Å². The molecule has 106 valence electrons. The molecule has 2 N–H and O–H groups in total. The van der Waals surface area contributed by atoms with E-state index in [9.17, 15) is 4.39 Å². The van der Waals surface area contributed by atoms with Gasteiger partial charge in [-0.25, -0.2) is 4.39 Å². The highest BCUT2D eigenvalue weighted by molar-refractivity contribution is 5.56. The second-order valence-electron chi connectivity index (χ2n) is 4.93. The third-order valence-electron chi connectivity index (χ3n) is 2.88. The Morgan fingerprint density at radius 2 is 2.21 bits per heavy atom. The van der Waals surface area contributed by atoms with Crippen LogP contribution in [0.5, 0.6) is 11.5 Å². The maximum absolute atomic E-state index is 13.6. The van der Waals surface area contributed by atoms with Crippen LogP contribution in [0.1, 0.15) is 26.7 Å². The minimum absolute atomic E-state index is 0.0962. The lowest BCUT2D eigenvalue weighted by Crippen LogP contribution is -2.17. The zero-order valence-corrected chi connectivity index (χ0v) is 11.3. The van der Waals surface area contributed by atoms with Crippen LogP contribution < -0.4 is 15.2 Å². The summed E-state index contributed by atoms with van der Waals surface area (Å²) in [6.07, 6.45) is 2.02. The predicted molar refractivity (Wildman–Crippen MR) is 71.0 cm³/mol. The molecule has 0 amide bonds. The number of hydrogen-bond acceptors (Lipinski definition) is 4. The first kappa shape index (κ1) is 13.9. The number of anilines is 1. The van der Waals surface area contributed by atoms with Gasteiger partial charge in [-0.2, -0.15) is 0 Å². The van der Waals surface area contributed by atoms with Crippen molar-refractivity contribution in [2.75, 3.05) is 18.9 Å². The van der Waals surface area contributed by atoms with E-state index in [0.717, 1.165) is 19.4 Å². The Balaban J connectivity index is 2.05. The standard InChI is InChI=1S/C14H20FNO3/c1-9(2)19-13-7-14(12(16)6-11(13)15)18-8-10-4-3-5-17-10/h6-7,9-10H,3-5,8,16H2,1-2H3. The summed E-state index contributed by atoms with van der Waals surface area (Å²) < 4.78 is 30.1. The van der Waals surface area contributed by atoms with E-state index >= 15 is 0 Å². The average molecular weight is 269 g/mol. The van der Waals surface area contributed by atoms with E-state index in [-0.39, 0.29) is 23.6 Å². The smallest absolute Gasteiger partial charge is 0.167 e. The van der Waals surface area contributed by atoms with Crippen LogP contribution in [0.25, 0.3) is 0 Å². The highest BCUT2D eigenvalue weighted by Gasteiger charge is 2.18. The summed E-state index contributed by atoms with van der Waals surface area (Å²) in [5, 5.41) is 0. The lowest BCUT2D eigenvalue weighted by atomic mass is 10.2. The van der Waals surface area contributed by atoms with E-state index in [0.29, 0.717) is 12.4 Å². The van der Waals surface area contributed by atoms with Gasteiger partial charge in [0.1, 0.15) is 12.4 Å². The van der Waals surface area contributed by atoms with Crippen LogP contribution in [0.2, 0.25) is 0 Å². The summed E-state index contributed by atoms with van der Waals surface area (Å²) in [6, 6.07) is 2.72. The molecule has 0 bridgehead atoms. The second kappa shape index (κ2) is 6.10. The van der Waals surface area contributed by atoms with Crippen LogP contribution in [0.4, 0.5) is 10.1 Å². The van der Waals surface area contributed by atoms with Crippen molar-refractivity contribution in [1.82, 2.24) is 0 Å². The van der Waals surface area contributed by atoms with Gasteiger partial charge in [-0.15, -0.1) is 0 Å². The fourth-order valence-corrected chi connectivity index (χ4v) is 1.98. The van der Waals surface area contributed by atoms with Crippen molar-refractivity contribution in [3.63, 3.8) is 0 Å². The molecule has 19 heavy (non-hydrogen) atoms. The van der Waals surface area contributed by atoms with Gasteiger partial charge < -0.3 is 19.9 Å². The lowest BCUT2D eigenvalue weighted by molar-refractivity contribution is 0.0680. The summed E-state index contributed by atoms with van der Waals surface area (Å²) in [6.45, 7) is 4.87. The lowest BCUT2D eigenvalue weighted by Gasteiger charge is -2.16. The zero-order chi connectivity index (χ0) is 13.8. The molecule has 1 aromatic carbocycles. The van der Waals surface area contributed by atoms with E-state index in [1.807, 2.05) is 13.8 Å². The van der Waals surface area contributed by atoms with Gasteiger partial charge in [-0.3, -0.25) is 0 Å². The van der Waals surface area contributed by atoms with Crippen molar-refractivity contribution < 1.29 is 18.6 Å². The SMILES string of the molecule is CC(C)Oc1cc(OCC2CCCO2)c(N)cc1F. The molecule has 1 atom stereocenters. The van der Waals surface area contributed by atoms with Crippen LogP contribution in [0.15, 0.2) is 12.1 Å². The third-order valence-corrected chi connectivity index (χ3v) is 2.88. The summed E-state index contributed by atoms with van der Waals surface area (Å²) in [5.74, 6) is 0.120. The average Bonchev–Trinajstić information content (AvgIpc) is 2.83. The molecule has 2 rings (SSSR count). The van der Waals surface area contributed by atoms with Gasteiger partial charge in [0.15, 0.2) is 11.6 Å². The Kier molecular flexibility index (Phi) is 4.47. The van der Waals surface area contributed by atoms with Gasteiger partial charge in [-0.1, -0.05) is 0 Å². The maximum Gasteiger partial charge on any atom is 0.167 e. The van der Waals surface area contributed by atoms with Crippen molar-refractivity contribution in [3.8, 4) is 11.5 Å². The normalized spacial score (nSPS) is 18.8. The molecule has 1 unspecified atom stereocenters. The Bertz CT molecular complexity index is 431. The quantitative estimate of drug-likeness (QED) is 0.835. The largest absolute Gasteiger partial charge is 0.489 e. The highest BCUT2D eigenvalue weighted by atomic mass is 19.1. The number of rotatable bonds is 5. The fraction of sp³-hybridized carbons (Fsp3) is 0.571. The van der Waals surface area contributed by atoms with Crippen molar-refractivity contribution in [3.05, 3.63) is 17.9 Å². The Labute approximate surface area is 112 Å². The molecular weight excluding hydrogens is 249 g/mol. The number of halogens is 1. The van der Waals surface area contributed by atoms with Crippen molar-refractivity contribution in [2.24, 2.45) is 0 Å². The molecule has 0 saturated carbocycles. The van der Waals surface area contributed by atoms with Crippen LogP contribution in [0, 0.1) is 5.82 Å². The molecule has 0 spiro atoms. The maximum atomic E-state index is 13.6. The van der Waals surface area contributed by atoms with Crippen molar-refractivity contribution >= 4 is 5.69 Å². The molecule has 0 aromatic heterocycles. The van der Waals surface area contributed by atoms with E-state index in [1.54, 1.807) is 0 Å². The summed E-state index contributed by atoms with van der Waals surface area (Å²) in [5.41, 5.74) is 6.01.